The van der Waals surface area contributed by atoms with Crippen molar-refractivity contribution in [2.24, 2.45) is 5.92 Å². The van der Waals surface area contributed by atoms with Gasteiger partial charge in [0, 0.05) is 25.4 Å². The molecule has 256 valence electrons. The first kappa shape index (κ1) is 34.3. The van der Waals surface area contributed by atoms with Crippen LogP contribution in [0.15, 0.2) is 36.4 Å². The molecule has 1 saturated carbocycles. The maximum atomic E-state index is 14.2. The molecular weight excluding hydrogens is 604 g/mol. The van der Waals surface area contributed by atoms with Crippen LogP contribution in [-0.2, 0) is 41.6 Å². The molecule has 3 heterocycles. The van der Waals surface area contributed by atoms with E-state index < -0.39 is 59.3 Å². The number of hydrogen-bond donors (Lipinski definition) is 2. The Kier molecular flexibility index (Phi) is 10.5. The van der Waals surface area contributed by atoms with Crippen molar-refractivity contribution in [3.05, 3.63) is 47.5 Å². The van der Waals surface area contributed by atoms with Crippen LogP contribution in [0, 0.1) is 5.92 Å². The van der Waals surface area contributed by atoms with E-state index in [0.717, 1.165) is 24.8 Å². The van der Waals surface area contributed by atoms with Crippen LogP contribution in [0.1, 0.15) is 83.8 Å². The normalized spacial score (nSPS) is 28.0. The van der Waals surface area contributed by atoms with Gasteiger partial charge in [0.2, 0.25) is 11.8 Å². The van der Waals surface area contributed by atoms with Crippen LogP contribution < -0.4 is 10.6 Å². The summed E-state index contributed by atoms with van der Waals surface area (Å²) in [6.45, 7) is 7.97. The highest BCUT2D eigenvalue weighted by molar-refractivity contribution is 5.96. The Hall–Kier alpha value is -4.09. The van der Waals surface area contributed by atoms with Crippen molar-refractivity contribution in [2.75, 3.05) is 19.7 Å². The van der Waals surface area contributed by atoms with Crippen molar-refractivity contribution in [1.29, 1.82) is 0 Å². The van der Waals surface area contributed by atoms with Gasteiger partial charge in [-0.25, -0.2) is 14.4 Å². The van der Waals surface area contributed by atoms with Gasteiger partial charge in [-0.2, -0.15) is 0 Å². The second-order valence-corrected chi connectivity index (χ2v) is 13.9. The summed E-state index contributed by atoms with van der Waals surface area (Å²) in [5.74, 6) is -1.73. The number of nitrogens with one attached hydrogen (secondary N) is 2. The molecule has 0 aromatic heterocycles. The van der Waals surface area contributed by atoms with E-state index >= 15 is 0 Å². The zero-order chi connectivity index (χ0) is 33.8. The minimum atomic E-state index is -1.22. The Morgan fingerprint density at radius 2 is 1.85 bits per heavy atom. The molecular formula is C35H48N4O8. The molecule has 0 unspecified atom stereocenters. The van der Waals surface area contributed by atoms with Crippen LogP contribution in [0.4, 0.5) is 9.59 Å². The van der Waals surface area contributed by atoms with Crippen molar-refractivity contribution in [3.63, 3.8) is 0 Å². The molecule has 5 atom stereocenters. The Morgan fingerprint density at radius 1 is 1.09 bits per heavy atom. The first-order valence-corrected chi connectivity index (χ1v) is 16.9. The van der Waals surface area contributed by atoms with E-state index in [1.807, 2.05) is 30.4 Å². The van der Waals surface area contributed by atoms with E-state index in [4.69, 9.17) is 14.2 Å². The van der Waals surface area contributed by atoms with Gasteiger partial charge in [0.25, 0.3) is 0 Å². The minimum Gasteiger partial charge on any atom is -0.464 e. The molecule has 2 N–H and O–H groups in total. The fraction of sp³-hybridized carbons (Fsp3) is 0.629. The van der Waals surface area contributed by atoms with E-state index in [2.05, 4.69) is 16.7 Å². The van der Waals surface area contributed by atoms with Crippen LogP contribution in [0.2, 0.25) is 0 Å². The van der Waals surface area contributed by atoms with E-state index in [9.17, 15) is 24.0 Å². The lowest BCUT2D eigenvalue weighted by molar-refractivity contribution is -0.150. The van der Waals surface area contributed by atoms with Crippen molar-refractivity contribution >= 4 is 30.0 Å². The predicted molar refractivity (Wildman–Crippen MR) is 172 cm³/mol. The van der Waals surface area contributed by atoms with E-state index in [0.29, 0.717) is 38.8 Å². The van der Waals surface area contributed by atoms with Crippen LogP contribution in [0.3, 0.4) is 0 Å². The smallest absolute Gasteiger partial charge is 0.410 e. The molecule has 1 aliphatic carbocycles. The first-order chi connectivity index (χ1) is 22.4. The molecule has 12 nitrogen and oxygen atoms in total. The summed E-state index contributed by atoms with van der Waals surface area (Å²) >= 11 is 0. The summed E-state index contributed by atoms with van der Waals surface area (Å²) in [5, 5.41) is 5.66. The van der Waals surface area contributed by atoms with Crippen LogP contribution in [-0.4, -0.2) is 88.8 Å². The molecule has 3 aliphatic heterocycles. The first-order valence-electron chi connectivity index (χ1n) is 16.9. The molecule has 2 fully saturated rings. The number of esters is 1. The summed E-state index contributed by atoms with van der Waals surface area (Å²) in [7, 11) is 0. The Bertz CT molecular complexity index is 1390. The number of carbonyl (C=O) groups excluding carboxylic acids is 5. The quantitative estimate of drug-likeness (QED) is 0.282. The number of amides is 4. The van der Waals surface area contributed by atoms with Gasteiger partial charge in [0.1, 0.15) is 29.3 Å². The number of carbonyl (C=O) groups is 5. The highest BCUT2D eigenvalue weighted by Gasteiger charge is 2.62. The fourth-order valence-corrected chi connectivity index (χ4v) is 6.71. The second-order valence-electron chi connectivity index (χ2n) is 13.9. The SMILES string of the molecule is CCOC(=O)[C@@]12C[C@H]1C=CCCCCC[C@H](NC(=O)OC(C)(C)C)C(=O)N1C[C@H](OC(=O)N3CCc4ccccc4C3)C[C@H]1C(=O)N2. The molecule has 1 saturated heterocycles. The summed E-state index contributed by atoms with van der Waals surface area (Å²) in [6.07, 6.45) is 6.59. The molecule has 5 rings (SSSR count). The third-order valence-electron chi connectivity index (χ3n) is 9.23. The maximum absolute atomic E-state index is 14.2. The molecule has 4 amide bonds. The van der Waals surface area contributed by atoms with Crippen molar-refractivity contribution in [1.82, 2.24) is 20.4 Å². The predicted octanol–water partition coefficient (Wildman–Crippen LogP) is 4.00. The van der Waals surface area contributed by atoms with Gasteiger partial charge < -0.3 is 34.6 Å². The van der Waals surface area contributed by atoms with Crippen molar-refractivity contribution < 1.29 is 38.2 Å². The lowest BCUT2D eigenvalue weighted by atomic mass is 10.0. The monoisotopic (exact) mass is 652 g/mol. The summed E-state index contributed by atoms with van der Waals surface area (Å²) < 4.78 is 16.8. The number of alkyl carbamates (subject to hydrolysis) is 1. The molecule has 1 aromatic rings. The molecule has 0 radical (unpaired) electrons. The lowest BCUT2D eigenvalue weighted by Gasteiger charge is -2.30. The largest absolute Gasteiger partial charge is 0.464 e. The number of nitrogens with zero attached hydrogens (tertiary/aromatic N) is 2. The van der Waals surface area contributed by atoms with Gasteiger partial charge in [0.05, 0.1) is 13.2 Å². The standard InChI is InChI=1S/C35H48N4O8/c1-5-45-31(42)35-20-25(35)15-9-7-6-8-10-16-27(36-32(43)47-34(2,3)4)30(41)39-22-26(19-28(39)29(40)37-35)46-33(44)38-18-17-23-13-11-12-14-24(23)21-38/h9,11-15,25-28H,5-8,10,16-22H2,1-4H3,(H,36,43)(H,37,40)/t25-,26-,27+,28+,35-/m1/s1. The Balaban J connectivity index is 1.38. The average molecular weight is 653 g/mol. The van der Waals surface area contributed by atoms with Gasteiger partial charge >= 0.3 is 18.2 Å². The minimum absolute atomic E-state index is 0.0324. The Labute approximate surface area is 276 Å². The third kappa shape index (κ3) is 8.26. The zero-order valence-corrected chi connectivity index (χ0v) is 27.9. The van der Waals surface area contributed by atoms with Gasteiger partial charge in [-0.3, -0.25) is 9.59 Å². The van der Waals surface area contributed by atoms with Gasteiger partial charge in [-0.1, -0.05) is 49.3 Å². The highest BCUT2D eigenvalue weighted by atomic mass is 16.6. The number of ether oxygens (including phenoxy) is 3. The number of hydrogen-bond acceptors (Lipinski definition) is 8. The zero-order valence-electron chi connectivity index (χ0n) is 27.9. The fourth-order valence-electron chi connectivity index (χ4n) is 6.71. The van der Waals surface area contributed by atoms with Gasteiger partial charge in [-0.15, -0.1) is 0 Å². The number of allylic oxidation sites excluding steroid dienone is 1. The topological polar surface area (TPSA) is 144 Å². The highest BCUT2D eigenvalue weighted by Crippen LogP contribution is 2.46. The van der Waals surface area contributed by atoms with Gasteiger partial charge in [-0.05, 0) is 70.9 Å². The van der Waals surface area contributed by atoms with Crippen molar-refractivity contribution in [2.45, 2.75) is 115 Å². The number of fused-ring (bicyclic) bond motifs is 3. The molecule has 47 heavy (non-hydrogen) atoms. The van der Waals surface area contributed by atoms with Crippen LogP contribution in [0.5, 0.6) is 0 Å². The number of rotatable bonds is 4. The van der Waals surface area contributed by atoms with E-state index in [-0.39, 0.29) is 25.5 Å². The summed E-state index contributed by atoms with van der Waals surface area (Å²) in [6, 6.07) is 5.96. The number of benzene rings is 1. The lowest BCUT2D eigenvalue weighted by Crippen LogP contribution is -2.56. The molecule has 0 bridgehead atoms. The molecule has 1 aromatic carbocycles. The molecule has 12 heteroatoms. The maximum Gasteiger partial charge on any atom is 0.410 e. The Morgan fingerprint density at radius 3 is 2.60 bits per heavy atom. The van der Waals surface area contributed by atoms with Crippen LogP contribution >= 0.6 is 0 Å². The summed E-state index contributed by atoms with van der Waals surface area (Å²) in [4.78, 5) is 70.5. The van der Waals surface area contributed by atoms with E-state index in [1.165, 1.54) is 10.5 Å². The molecule has 4 aliphatic rings. The van der Waals surface area contributed by atoms with E-state index in [1.54, 1.807) is 32.6 Å². The second kappa shape index (κ2) is 14.4. The summed E-state index contributed by atoms with van der Waals surface area (Å²) in [5.41, 5.74) is 0.254. The van der Waals surface area contributed by atoms with Gasteiger partial charge in [0.15, 0.2) is 0 Å². The average Bonchev–Trinajstić information content (AvgIpc) is 3.55. The van der Waals surface area contributed by atoms with Crippen LogP contribution in [0.25, 0.3) is 0 Å². The van der Waals surface area contributed by atoms with Crippen molar-refractivity contribution in [3.8, 4) is 0 Å². The third-order valence-corrected chi connectivity index (χ3v) is 9.23. The molecule has 0 spiro atoms.